The molecule has 0 saturated carbocycles. The van der Waals surface area contributed by atoms with Crippen molar-refractivity contribution in [2.75, 3.05) is 11.1 Å². The molecule has 5 nitrogen and oxygen atoms in total. The maximum absolute atomic E-state index is 13.4. The summed E-state index contributed by atoms with van der Waals surface area (Å²) in [6.07, 6.45) is 0.301. The molecule has 26 heavy (non-hydrogen) atoms. The van der Waals surface area contributed by atoms with Crippen molar-refractivity contribution in [3.8, 4) is 5.75 Å². The number of benzene rings is 2. The van der Waals surface area contributed by atoms with Crippen LogP contribution in [0.5, 0.6) is 5.75 Å². The van der Waals surface area contributed by atoms with Crippen molar-refractivity contribution in [1.29, 1.82) is 0 Å². The summed E-state index contributed by atoms with van der Waals surface area (Å²) in [5, 5.41) is 3.18. The van der Waals surface area contributed by atoms with Gasteiger partial charge in [-0.15, -0.1) is 0 Å². The number of hydrogen-bond acceptors (Lipinski definition) is 5. The number of halogens is 1. The highest BCUT2D eigenvalue weighted by Gasteiger charge is 2.31. The van der Waals surface area contributed by atoms with Gasteiger partial charge in [0.1, 0.15) is 24.0 Å². The van der Waals surface area contributed by atoms with Crippen LogP contribution < -0.4 is 15.8 Å². The van der Waals surface area contributed by atoms with Gasteiger partial charge in [0, 0.05) is 17.9 Å². The number of fused-ring (bicyclic) bond motifs is 1. The van der Waals surface area contributed by atoms with Gasteiger partial charge in [0.15, 0.2) is 5.13 Å². The number of thiazole rings is 1. The van der Waals surface area contributed by atoms with E-state index < -0.39 is 0 Å². The molecule has 2 aromatic carbocycles. The quantitative estimate of drug-likeness (QED) is 0.731. The van der Waals surface area contributed by atoms with Gasteiger partial charge in [-0.2, -0.15) is 0 Å². The molecule has 3 N–H and O–H groups in total. The predicted molar refractivity (Wildman–Crippen MR) is 98.8 cm³/mol. The summed E-state index contributed by atoms with van der Waals surface area (Å²) >= 11 is 1.37. The summed E-state index contributed by atoms with van der Waals surface area (Å²) in [4.78, 5) is 17.2. The topological polar surface area (TPSA) is 77.2 Å². The van der Waals surface area contributed by atoms with Crippen molar-refractivity contribution in [2.45, 2.75) is 18.9 Å². The predicted octanol–water partition coefficient (Wildman–Crippen LogP) is 3.92. The number of ether oxygens (including phenoxy) is 1. The van der Waals surface area contributed by atoms with Gasteiger partial charge in [-0.05, 0) is 23.8 Å². The number of nitrogens with one attached hydrogen (secondary N) is 1. The van der Waals surface area contributed by atoms with Gasteiger partial charge in [0.2, 0.25) is 5.91 Å². The zero-order valence-electron chi connectivity index (χ0n) is 13.7. The Labute approximate surface area is 153 Å². The highest BCUT2D eigenvalue weighted by molar-refractivity contribution is 7.16. The third-order valence-corrected chi connectivity index (χ3v) is 5.21. The van der Waals surface area contributed by atoms with Gasteiger partial charge < -0.3 is 15.8 Å². The van der Waals surface area contributed by atoms with Crippen LogP contribution in [0.1, 0.15) is 28.3 Å². The van der Waals surface area contributed by atoms with E-state index in [9.17, 15) is 9.18 Å². The molecule has 0 aliphatic carbocycles. The van der Waals surface area contributed by atoms with Crippen LogP contribution in [-0.4, -0.2) is 10.9 Å². The molecular weight excluding hydrogens is 353 g/mol. The molecule has 0 spiro atoms. The second kappa shape index (κ2) is 6.76. The molecule has 1 aromatic heterocycles. The standard InChI is InChI=1S/C19H16FN3O2S/c20-12-5-3-4-11(8-12)10-25-15-7-2-1-6-13(15)14-9-16(24)22-18-17(14)26-19(21)23-18/h1-8,14H,9-10H2,(H2,21,23)(H,22,24). The van der Waals surface area contributed by atoms with Crippen LogP contribution in [0.15, 0.2) is 48.5 Å². The van der Waals surface area contributed by atoms with Gasteiger partial charge in [-0.25, -0.2) is 9.37 Å². The molecule has 7 heteroatoms. The normalized spacial score (nSPS) is 16.0. The Morgan fingerprint density at radius 3 is 2.96 bits per heavy atom. The number of carbonyl (C=O) groups is 1. The van der Waals surface area contributed by atoms with Gasteiger partial charge >= 0.3 is 0 Å². The number of nitrogens with zero attached hydrogens (tertiary/aromatic N) is 1. The first-order valence-electron chi connectivity index (χ1n) is 8.12. The Morgan fingerprint density at radius 2 is 2.12 bits per heavy atom. The van der Waals surface area contributed by atoms with Crippen LogP contribution in [0.25, 0.3) is 0 Å². The molecule has 1 amide bonds. The van der Waals surface area contributed by atoms with Crippen LogP contribution in [0.2, 0.25) is 0 Å². The lowest BCUT2D eigenvalue weighted by Crippen LogP contribution is -2.23. The number of nitrogen functional groups attached to an aromatic ring is 1. The summed E-state index contributed by atoms with van der Waals surface area (Å²) in [5.41, 5.74) is 7.45. The Bertz CT molecular complexity index is 973. The molecule has 1 atom stereocenters. The smallest absolute Gasteiger partial charge is 0.226 e. The van der Waals surface area contributed by atoms with Crippen molar-refractivity contribution < 1.29 is 13.9 Å². The first-order chi connectivity index (χ1) is 12.6. The lowest BCUT2D eigenvalue weighted by molar-refractivity contribution is -0.116. The summed E-state index contributed by atoms with van der Waals surface area (Å²) in [6, 6.07) is 13.9. The third kappa shape index (κ3) is 3.25. The van der Waals surface area contributed by atoms with Gasteiger partial charge in [0.25, 0.3) is 0 Å². The van der Waals surface area contributed by atoms with Crippen molar-refractivity contribution in [2.24, 2.45) is 0 Å². The fourth-order valence-electron chi connectivity index (χ4n) is 3.07. The van der Waals surface area contributed by atoms with E-state index in [0.29, 0.717) is 23.1 Å². The van der Waals surface area contributed by atoms with Crippen LogP contribution in [0.4, 0.5) is 15.3 Å². The maximum atomic E-state index is 13.4. The number of rotatable bonds is 4. The minimum absolute atomic E-state index is 0.104. The van der Waals surface area contributed by atoms with Crippen molar-refractivity contribution >= 4 is 28.2 Å². The zero-order chi connectivity index (χ0) is 18.1. The molecule has 0 radical (unpaired) electrons. The molecule has 1 unspecified atom stereocenters. The number of nitrogens with two attached hydrogens (primary N) is 1. The monoisotopic (exact) mass is 369 g/mol. The molecule has 0 saturated heterocycles. The Kier molecular flexibility index (Phi) is 4.30. The lowest BCUT2D eigenvalue weighted by atomic mass is 9.91. The maximum Gasteiger partial charge on any atom is 0.226 e. The van der Waals surface area contributed by atoms with Crippen molar-refractivity contribution in [3.05, 3.63) is 70.4 Å². The minimum atomic E-state index is -0.298. The third-order valence-electron chi connectivity index (χ3n) is 4.21. The first-order valence-corrected chi connectivity index (χ1v) is 8.94. The Hall–Kier alpha value is -2.93. The molecular formula is C19H16FN3O2S. The molecule has 132 valence electrons. The molecule has 4 rings (SSSR count). The van der Waals surface area contributed by atoms with Gasteiger partial charge in [0.05, 0.1) is 4.88 Å². The Balaban J connectivity index is 1.65. The molecule has 2 heterocycles. The summed E-state index contributed by atoms with van der Waals surface area (Å²) in [6.45, 7) is 0.241. The van der Waals surface area contributed by atoms with Crippen molar-refractivity contribution in [3.63, 3.8) is 0 Å². The van der Waals surface area contributed by atoms with Gasteiger partial charge in [-0.1, -0.05) is 41.7 Å². The van der Waals surface area contributed by atoms with Crippen LogP contribution >= 0.6 is 11.3 Å². The Morgan fingerprint density at radius 1 is 1.27 bits per heavy atom. The van der Waals surface area contributed by atoms with E-state index >= 15 is 0 Å². The largest absolute Gasteiger partial charge is 0.489 e. The number of aromatic nitrogens is 1. The highest BCUT2D eigenvalue weighted by atomic mass is 32.1. The van der Waals surface area contributed by atoms with Crippen LogP contribution in [0.3, 0.4) is 0 Å². The minimum Gasteiger partial charge on any atom is -0.489 e. The zero-order valence-corrected chi connectivity index (χ0v) is 14.6. The average Bonchev–Trinajstić information content (AvgIpc) is 2.99. The van der Waals surface area contributed by atoms with E-state index in [4.69, 9.17) is 10.5 Å². The van der Waals surface area contributed by atoms with E-state index in [1.807, 2.05) is 30.3 Å². The number of carbonyl (C=O) groups excluding carboxylic acids is 1. The molecule has 3 aromatic rings. The van der Waals surface area contributed by atoms with Crippen molar-refractivity contribution in [1.82, 2.24) is 4.98 Å². The van der Waals surface area contributed by atoms with Crippen LogP contribution in [-0.2, 0) is 11.4 Å². The number of hydrogen-bond donors (Lipinski definition) is 2. The highest BCUT2D eigenvalue weighted by Crippen LogP contribution is 2.44. The van der Waals surface area contributed by atoms with E-state index in [2.05, 4.69) is 10.3 Å². The van der Waals surface area contributed by atoms with E-state index in [0.717, 1.165) is 16.0 Å². The summed E-state index contributed by atoms with van der Waals surface area (Å²) < 4.78 is 19.3. The molecule has 0 fully saturated rings. The lowest BCUT2D eigenvalue weighted by Gasteiger charge is -2.23. The number of anilines is 2. The summed E-state index contributed by atoms with van der Waals surface area (Å²) in [7, 11) is 0. The fourth-order valence-corrected chi connectivity index (χ4v) is 3.98. The summed E-state index contributed by atoms with van der Waals surface area (Å²) in [5.74, 6) is 0.612. The molecule has 1 aliphatic heterocycles. The van der Waals surface area contributed by atoms with E-state index in [-0.39, 0.29) is 24.2 Å². The van der Waals surface area contributed by atoms with Crippen LogP contribution in [0, 0.1) is 5.82 Å². The second-order valence-electron chi connectivity index (χ2n) is 6.03. The van der Waals surface area contributed by atoms with E-state index in [1.165, 1.54) is 23.5 Å². The second-order valence-corrected chi connectivity index (χ2v) is 7.09. The van der Waals surface area contributed by atoms with E-state index in [1.54, 1.807) is 6.07 Å². The first kappa shape index (κ1) is 16.5. The SMILES string of the molecule is Nc1nc2c(s1)C(c1ccccc1OCc1cccc(F)c1)CC(=O)N2. The molecule has 0 bridgehead atoms. The molecule has 1 aliphatic rings. The number of para-hydroxylation sites is 1. The van der Waals surface area contributed by atoms with Gasteiger partial charge in [-0.3, -0.25) is 4.79 Å². The average molecular weight is 369 g/mol. The number of amides is 1. The fraction of sp³-hybridized carbons (Fsp3) is 0.158.